The summed E-state index contributed by atoms with van der Waals surface area (Å²) in [6.07, 6.45) is 1.67. The van der Waals surface area contributed by atoms with E-state index in [9.17, 15) is 14.7 Å². The first-order valence-electron chi connectivity index (χ1n) is 6.73. The van der Waals surface area contributed by atoms with Gasteiger partial charge in [0.15, 0.2) is 0 Å². The molecule has 3 N–H and O–H groups in total. The van der Waals surface area contributed by atoms with Crippen LogP contribution in [0.25, 0.3) is 0 Å². The third-order valence-corrected chi connectivity index (χ3v) is 3.19. The van der Waals surface area contributed by atoms with Crippen LogP contribution in [0.5, 0.6) is 5.75 Å². The lowest BCUT2D eigenvalue weighted by Crippen LogP contribution is -2.49. The van der Waals surface area contributed by atoms with Crippen LogP contribution < -0.4 is 10.2 Å². The van der Waals surface area contributed by atoms with Crippen molar-refractivity contribution in [1.82, 2.24) is 5.32 Å². The number of carboxylic acid groups (broad SMARTS) is 1. The molecule has 0 spiro atoms. The fraction of sp³-hybridized carbons (Fsp3) is 0.429. The number of carbonyl (C=O) groups is 2. The molecule has 21 heavy (non-hydrogen) atoms. The van der Waals surface area contributed by atoms with Gasteiger partial charge in [0.1, 0.15) is 12.3 Å². The summed E-state index contributed by atoms with van der Waals surface area (Å²) < 4.78 is 5.28. The number of aromatic hydroxyl groups is 1. The molecule has 2 rings (SSSR count). The van der Waals surface area contributed by atoms with Crippen molar-refractivity contribution in [3.05, 3.63) is 24.3 Å². The van der Waals surface area contributed by atoms with Crippen molar-refractivity contribution in [3.63, 3.8) is 0 Å². The predicted octanol–water partition coefficient (Wildman–Crippen LogP) is 1.17. The van der Waals surface area contributed by atoms with Gasteiger partial charge in [0.05, 0.1) is 12.6 Å². The first kappa shape index (κ1) is 15.1. The second-order valence-corrected chi connectivity index (χ2v) is 4.86. The Labute approximate surface area is 122 Å². The van der Waals surface area contributed by atoms with Crippen LogP contribution in [0.2, 0.25) is 0 Å². The third-order valence-electron chi connectivity index (χ3n) is 3.19. The molecule has 0 aromatic heterocycles. The second kappa shape index (κ2) is 6.94. The Balaban J connectivity index is 2.08. The number of rotatable bonds is 4. The molecule has 1 aliphatic rings. The number of phenols is 1. The van der Waals surface area contributed by atoms with Gasteiger partial charge in [-0.1, -0.05) is 0 Å². The van der Waals surface area contributed by atoms with Crippen molar-refractivity contribution in [2.45, 2.75) is 18.9 Å². The summed E-state index contributed by atoms with van der Waals surface area (Å²) in [5, 5.41) is 21.0. The molecule has 7 nitrogen and oxygen atoms in total. The Morgan fingerprint density at radius 1 is 1.33 bits per heavy atom. The van der Waals surface area contributed by atoms with Gasteiger partial charge in [0.2, 0.25) is 0 Å². The zero-order chi connectivity index (χ0) is 15.2. The lowest BCUT2D eigenvalue weighted by Gasteiger charge is -2.27. The average molecular weight is 294 g/mol. The number of urea groups is 1. The van der Waals surface area contributed by atoms with Crippen LogP contribution >= 0.6 is 0 Å². The van der Waals surface area contributed by atoms with E-state index in [2.05, 4.69) is 5.32 Å². The number of nitrogens with one attached hydrogen (secondary N) is 1. The molecule has 1 aliphatic heterocycles. The number of carboxylic acids is 1. The molecule has 2 amide bonds. The summed E-state index contributed by atoms with van der Waals surface area (Å²) in [7, 11) is 0. The highest BCUT2D eigenvalue weighted by Gasteiger charge is 2.23. The highest BCUT2D eigenvalue weighted by molar-refractivity contribution is 5.96. The molecule has 0 radical (unpaired) electrons. The Morgan fingerprint density at radius 2 is 2.05 bits per heavy atom. The first-order chi connectivity index (χ1) is 10.1. The summed E-state index contributed by atoms with van der Waals surface area (Å²) >= 11 is 0. The van der Waals surface area contributed by atoms with Gasteiger partial charge >= 0.3 is 12.0 Å². The minimum atomic E-state index is -1.11. The summed E-state index contributed by atoms with van der Waals surface area (Å²) in [6, 6.07) is 5.20. The fourth-order valence-corrected chi connectivity index (χ4v) is 2.16. The largest absolute Gasteiger partial charge is 0.508 e. The molecule has 1 aromatic carbocycles. The normalized spacial score (nSPS) is 18.0. The van der Waals surface area contributed by atoms with E-state index < -0.39 is 18.5 Å². The van der Waals surface area contributed by atoms with Crippen LogP contribution in [0.1, 0.15) is 12.8 Å². The van der Waals surface area contributed by atoms with E-state index in [0.717, 1.165) is 17.7 Å². The van der Waals surface area contributed by atoms with Crippen molar-refractivity contribution in [1.29, 1.82) is 0 Å². The Hall–Kier alpha value is -2.28. The van der Waals surface area contributed by atoms with Gasteiger partial charge in [0, 0.05) is 12.3 Å². The molecule has 7 heteroatoms. The second-order valence-electron chi connectivity index (χ2n) is 4.86. The van der Waals surface area contributed by atoms with Crippen molar-refractivity contribution in [3.8, 4) is 5.75 Å². The first-order valence-corrected chi connectivity index (χ1v) is 6.73. The molecule has 1 fully saturated rings. The molecule has 1 atom stereocenters. The van der Waals surface area contributed by atoms with Gasteiger partial charge < -0.3 is 20.3 Å². The molecule has 0 aliphatic carbocycles. The minimum absolute atomic E-state index is 0.0510. The van der Waals surface area contributed by atoms with E-state index in [-0.39, 0.29) is 11.8 Å². The maximum absolute atomic E-state index is 12.3. The van der Waals surface area contributed by atoms with E-state index in [1.54, 1.807) is 0 Å². The van der Waals surface area contributed by atoms with Crippen molar-refractivity contribution in [2.75, 3.05) is 24.7 Å². The number of hydrogen-bond acceptors (Lipinski definition) is 4. The molecule has 1 heterocycles. The van der Waals surface area contributed by atoms with Gasteiger partial charge in [-0.05, 0) is 37.1 Å². The number of anilines is 1. The van der Waals surface area contributed by atoms with Crippen LogP contribution in [0.4, 0.5) is 10.5 Å². The highest BCUT2D eigenvalue weighted by atomic mass is 16.5. The van der Waals surface area contributed by atoms with E-state index in [0.29, 0.717) is 18.9 Å². The summed E-state index contributed by atoms with van der Waals surface area (Å²) in [5.74, 6) is -1.06. The maximum atomic E-state index is 12.3. The summed E-state index contributed by atoms with van der Waals surface area (Å²) in [4.78, 5) is 24.3. The predicted molar refractivity (Wildman–Crippen MR) is 75.5 cm³/mol. The van der Waals surface area contributed by atoms with Gasteiger partial charge in [-0.25, -0.2) is 4.79 Å². The Kier molecular flexibility index (Phi) is 4.99. The number of hydrogen-bond donors (Lipinski definition) is 3. The molecule has 1 aromatic rings. The van der Waals surface area contributed by atoms with E-state index in [1.807, 2.05) is 0 Å². The molecule has 1 unspecified atom stereocenters. The van der Waals surface area contributed by atoms with E-state index in [1.165, 1.54) is 24.3 Å². The molecule has 114 valence electrons. The fourth-order valence-electron chi connectivity index (χ4n) is 2.16. The van der Waals surface area contributed by atoms with Gasteiger partial charge in [-0.2, -0.15) is 0 Å². The van der Waals surface area contributed by atoms with Crippen LogP contribution in [0.3, 0.4) is 0 Å². The zero-order valence-electron chi connectivity index (χ0n) is 11.5. The number of nitrogens with zero attached hydrogens (tertiary/aromatic N) is 1. The van der Waals surface area contributed by atoms with Crippen LogP contribution in [0.15, 0.2) is 24.3 Å². The SMILES string of the molecule is O=C(O)CN(C(=O)NC1CCCOC1)c1ccc(O)cc1. The van der Waals surface area contributed by atoms with Gasteiger partial charge in [-0.3, -0.25) is 9.69 Å². The Morgan fingerprint density at radius 3 is 2.62 bits per heavy atom. The summed E-state index contributed by atoms with van der Waals surface area (Å²) in [6.45, 7) is 0.662. The lowest BCUT2D eigenvalue weighted by atomic mass is 10.1. The molecule has 1 saturated heterocycles. The standard InChI is InChI=1S/C14H18N2O5/c17-12-5-3-11(4-6-12)16(8-13(18)19)14(20)15-10-2-1-7-21-9-10/h3-6,10,17H,1-2,7-9H2,(H,15,20)(H,18,19). The average Bonchev–Trinajstić information content (AvgIpc) is 2.46. The smallest absolute Gasteiger partial charge is 0.323 e. The molecule has 0 saturated carbocycles. The van der Waals surface area contributed by atoms with Gasteiger partial charge in [-0.15, -0.1) is 0 Å². The molecular weight excluding hydrogens is 276 g/mol. The molecule has 0 bridgehead atoms. The lowest BCUT2D eigenvalue weighted by molar-refractivity contribution is -0.135. The molecular formula is C14H18N2O5. The number of phenolic OH excluding ortho intramolecular Hbond substituents is 1. The number of carbonyl (C=O) groups excluding carboxylic acids is 1. The van der Waals surface area contributed by atoms with Crippen molar-refractivity contribution >= 4 is 17.7 Å². The van der Waals surface area contributed by atoms with Gasteiger partial charge in [0.25, 0.3) is 0 Å². The highest BCUT2D eigenvalue weighted by Crippen LogP contribution is 2.19. The number of ether oxygens (including phenoxy) is 1. The minimum Gasteiger partial charge on any atom is -0.508 e. The number of amides is 2. The van der Waals surface area contributed by atoms with Crippen LogP contribution in [-0.4, -0.2) is 48.0 Å². The number of benzene rings is 1. The van der Waals surface area contributed by atoms with Crippen LogP contribution in [0, 0.1) is 0 Å². The Bertz CT molecular complexity index is 497. The quantitative estimate of drug-likeness (QED) is 0.774. The van der Waals surface area contributed by atoms with Crippen LogP contribution in [-0.2, 0) is 9.53 Å². The van der Waals surface area contributed by atoms with Crippen molar-refractivity contribution < 1.29 is 24.5 Å². The van der Waals surface area contributed by atoms with E-state index >= 15 is 0 Å². The third kappa shape index (κ3) is 4.35. The number of aliphatic carboxylic acids is 1. The maximum Gasteiger partial charge on any atom is 0.323 e. The monoisotopic (exact) mass is 294 g/mol. The topological polar surface area (TPSA) is 99.1 Å². The van der Waals surface area contributed by atoms with Crippen molar-refractivity contribution in [2.24, 2.45) is 0 Å². The summed E-state index contributed by atoms with van der Waals surface area (Å²) in [5.41, 5.74) is 0.407. The zero-order valence-corrected chi connectivity index (χ0v) is 11.5. The van der Waals surface area contributed by atoms with E-state index in [4.69, 9.17) is 9.84 Å².